The van der Waals surface area contributed by atoms with Gasteiger partial charge in [-0.15, -0.1) is 0 Å². The van der Waals surface area contributed by atoms with Gasteiger partial charge in [-0.2, -0.15) is 4.98 Å². The van der Waals surface area contributed by atoms with E-state index in [0.29, 0.717) is 35.3 Å². The summed E-state index contributed by atoms with van der Waals surface area (Å²) >= 11 is 5.87. The lowest BCUT2D eigenvalue weighted by Gasteiger charge is -2.05. The first-order chi connectivity index (χ1) is 13.7. The van der Waals surface area contributed by atoms with E-state index in [9.17, 15) is 4.79 Å². The second-order valence-corrected chi connectivity index (χ2v) is 6.42. The first kappa shape index (κ1) is 18.1. The molecule has 7 nitrogen and oxygen atoms in total. The van der Waals surface area contributed by atoms with E-state index in [1.807, 2.05) is 18.2 Å². The SMILES string of the molecule is O=C(OCCCc1nc(-c2cccnc2)no1)c1ccc2nc(Cl)ccc2c1. The van der Waals surface area contributed by atoms with Crippen molar-refractivity contribution in [1.29, 1.82) is 0 Å². The van der Waals surface area contributed by atoms with Crippen LogP contribution >= 0.6 is 11.6 Å². The van der Waals surface area contributed by atoms with Crippen molar-refractivity contribution in [3.05, 3.63) is 71.5 Å². The quantitative estimate of drug-likeness (QED) is 0.276. The van der Waals surface area contributed by atoms with Gasteiger partial charge in [0.15, 0.2) is 0 Å². The van der Waals surface area contributed by atoms with Crippen LogP contribution in [0.25, 0.3) is 22.3 Å². The van der Waals surface area contributed by atoms with Crippen molar-refractivity contribution in [1.82, 2.24) is 20.1 Å². The van der Waals surface area contributed by atoms with E-state index in [1.165, 1.54) is 0 Å². The van der Waals surface area contributed by atoms with E-state index < -0.39 is 5.97 Å². The summed E-state index contributed by atoms with van der Waals surface area (Å²) in [5.74, 6) is 0.590. The number of hydrogen-bond acceptors (Lipinski definition) is 7. The van der Waals surface area contributed by atoms with Gasteiger partial charge >= 0.3 is 5.97 Å². The maximum absolute atomic E-state index is 12.2. The molecule has 0 spiro atoms. The Hall–Kier alpha value is -3.32. The first-order valence-electron chi connectivity index (χ1n) is 8.65. The highest BCUT2D eigenvalue weighted by atomic mass is 35.5. The number of fused-ring (bicyclic) bond motifs is 1. The molecule has 0 saturated carbocycles. The molecule has 0 aliphatic heterocycles. The maximum Gasteiger partial charge on any atom is 0.338 e. The molecule has 0 N–H and O–H groups in total. The molecule has 0 unspecified atom stereocenters. The normalized spacial score (nSPS) is 10.9. The van der Waals surface area contributed by atoms with Crippen molar-refractivity contribution in [3.8, 4) is 11.4 Å². The highest BCUT2D eigenvalue weighted by Gasteiger charge is 2.11. The number of carbonyl (C=O) groups is 1. The van der Waals surface area contributed by atoms with Crippen molar-refractivity contribution < 1.29 is 14.1 Å². The van der Waals surface area contributed by atoms with E-state index in [-0.39, 0.29) is 6.61 Å². The van der Waals surface area contributed by atoms with Gasteiger partial charge in [-0.05, 0) is 48.9 Å². The summed E-state index contributed by atoms with van der Waals surface area (Å²) in [5, 5.41) is 5.17. The molecular formula is C20H15ClN4O3. The Kier molecular flexibility index (Phi) is 5.25. The lowest BCUT2D eigenvalue weighted by Crippen LogP contribution is -2.07. The molecule has 0 atom stereocenters. The number of aromatic nitrogens is 4. The third-order valence-electron chi connectivity index (χ3n) is 4.05. The summed E-state index contributed by atoms with van der Waals surface area (Å²) < 4.78 is 10.6. The smallest absolute Gasteiger partial charge is 0.338 e. The van der Waals surface area contributed by atoms with Crippen LogP contribution < -0.4 is 0 Å². The average Bonchev–Trinajstić information content (AvgIpc) is 3.20. The number of carbonyl (C=O) groups excluding carboxylic acids is 1. The topological polar surface area (TPSA) is 91.0 Å². The van der Waals surface area contributed by atoms with E-state index >= 15 is 0 Å². The summed E-state index contributed by atoms with van der Waals surface area (Å²) in [6.45, 7) is 0.250. The molecule has 0 bridgehead atoms. The lowest BCUT2D eigenvalue weighted by atomic mass is 10.1. The molecule has 28 heavy (non-hydrogen) atoms. The van der Waals surface area contributed by atoms with Gasteiger partial charge in [-0.3, -0.25) is 4.98 Å². The number of aryl methyl sites for hydroxylation is 1. The van der Waals surface area contributed by atoms with Gasteiger partial charge in [0.1, 0.15) is 5.15 Å². The number of nitrogens with zero attached hydrogens (tertiary/aromatic N) is 4. The Morgan fingerprint density at radius 2 is 2.07 bits per heavy atom. The van der Waals surface area contributed by atoms with Gasteiger partial charge in [0.25, 0.3) is 0 Å². The lowest BCUT2D eigenvalue weighted by molar-refractivity contribution is 0.0498. The predicted octanol–water partition coefficient (Wildman–Crippen LogP) is 4.12. The molecule has 4 aromatic rings. The van der Waals surface area contributed by atoms with Crippen LogP contribution in [0.15, 0.2) is 59.4 Å². The molecule has 0 fully saturated rings. The summed E-state index contributed by atoms with van der Waals surface area (Å²) in [4.78, 5) is 24.8. The Morgan fingerprint density at radius 3 is 2.93 bits per heavy atom. The Bertz CT molecular complexity index is 1110. The second-order valence-electron chi connectivity index (χ2n) is 6.03. The van der Waals surface area contributed by atoms with Crippen LogP contribution in [0.1, 0.15) is 22.7 Å². The van der Waals surface area contributed by atoms with Gasteiger partial charge < -0.3 is 9.26 Å². The number of esters is 1. The average molecular weight is 395 g/mol. The van der Waals surface area contributed by atoms with Gasteiger partial charge in [-0.1, -0.05) is 16.8 Å². The van der Waals surface area contributed by atoms with E-state index in [1.54, 1.807) is 36.7 Å². The molecule has 3 aromatic heterocycles. The zero-order chi connectivity index (χ0) is 19.3. The van der Waals surface area contributed by atoms with E-state index in [4.69, 9.17) is 20.9 Å². The summed E-state index contributed by atoms with van der Waals surface area (Å²) in [6, 6.07) is 12.3. The Morgan fingerprint density at radius 1 is 1.14 bits per heavy atom. The van der Waals surface area contributed by atoms with Gasteiger partial charge in [0.2, 0.25) is 11.7 Å². The van der Waals surface area contributed by atoms with Crippen LogP contribution in [0, 0.1) is 0 Å². The third-order valence-corrected chi connectivity index (χ3v) is 4.26. The van der Waals surface area contributed by atoms with Crippen molar-refractivity contribution in [2.24, 2.45) is 0 Å². The highest BCUT2D eigenvalue weighted by Crippen LogP contribution is 2.18. The van der Waals surface area contributed by atoms with Crippen molar-refractivity contribution in [3.63, 3.8) is 0 Å². The fourth-order valence-corrected chi connectivity index (χ4v) is 2.82. The van der Waals surface area contributed by atoms with Crippen LogP contribution in [-0.4, -0.2) is 32.7 Å². The fourth-order valence-electron chi connectivity index (χ4n) is 2.67. The van der Waals surface area contributed by atoms with Crippen LogP contribution in [0.2, 0.25) is 5.15 Å². The van der Waals surface area contributed by atoms with Crippen molar-refractivity contribution in [2.45, 2.75) is 12.8 Å². The number of benzene rings is 1. The minimum atomic E-state index is -0.390. The molecule has 0 amide bonds. The molecule has 3 heterocycles. The fraction of sp³-hybridized carbons (Fsp3) is 0.150. The Balaban J connectivity index is 1.30. The number of rotatable bonds is 6. The first-order valence-corrected chi connectivity index (χ1v) is 9.03. The monoisotopic (exact) mass is 394 g/mol. The maximum atomic E-state index is 12.2. The van der Waals surface area contributed by atoms with Gasteiger partial charge in [0, 0.05) is 29.8 Å². The van der Waals surface area contributed by atoms with Crippen LogP contribution in [0.5, 0.6) is 0 Å². The summed E-state index contributed by atoms with van der Waals surface area (Å²) in [5.41, 5.74) is 1.98. The largest absolute Gasteiger partial charge is 0.462 e. The zero-order valence-corrected chi connectivity index (χ0v) is 15.5. The molecule has 140 valence electrons. The summed E-state index contributed by atoms with van der Waals surface area (Å²) in [6.07, 6.45) is 4.44. The van der Waals surface area contributed by atoms with Crippen molar-refractivity contribution >= 4 is 28.5 Å². The van der Waals surface area contributed by atoms with Gasteiger partial charge in [-0.25, -0.2) is 9.78 Å². The van der Waals surface area contributed by atoms with E-state index in [2.05, 4.69) is 20.1 Å². The number of halogens is 1. The molecule has 0 radical (unpaired) electrons. The highest BCUT2D eigenvalue weighted by molar-refractivity contribution is 6.29. The molecule has 4 rings (SSSR count). The molecule has 8 heteroatoms. The molecular weight excluding hydrogens is 380 g/mol. The van der Waals surface area contributed by atoms with Crippen LogP contribution in [0.3, 0.4) is 0 Å². The standard InChI is InChI=1S/C20H15ClN4O3/c21-17-8-6-13-11-14(5-7-16(13)23-17)20(26)27-10-2-4-18-24-19(25-28-18)15-3-1-9-22-12-15/h1,3,5-9,11-12H,2,4,10H2. The van der Waals surface area contributed by atoms with E-state index in [0.717, 1.165) is 16.5 Å². The number of ether oxygens (including phenoxy) is 1. The zero-order valence-electron chi connectivity index (χ0n) is 14.7. The Labute approximate surface area is 165 Å². The van der Waals surface area contributed by atoms with Gasteiger partial charge in [0.05, 0.1) is 17.7 Å². The second kappa shape index (κ2) is 8.14. The minimum absolute atomic E-state index is 0.250. The van der Waals surface area contributed by atoms with Crippen molar-refractivity contribution in [2.75, 3.05) is 6.61 Å². The molecule has 0 aliphatic rings. The summed E-state index contributed by atoms with van der Waals surface area (Å²) in [7, 11) is 0. The molecule has 1 aromatic carbocycles. The van der Waals surface area contributed by atoms with Crippen LogP contribution in [-0.2, 0) is 11.2 Å². The molecule has 0 saturated heterocycles. The van der Waals surface area contributed by atoms with Crippen LogP contribution in [0.4, 0.5) is 0 Å². The third kappa shape index (κ3) is 4.15. The minimum Gasteiger partial charge on any atom is -0.462 e. The number of pyridine rings is 2. The predicted molar refractivity (Wildman–Crippen MR) is 103 cm³/mol. The molecule has 0 aliphatic carbocycles. The number of hydrogen-bond donors (Lipinski definition) is 0.